The van der Waals surface area contributed by atoms with E-state index in [9.17, 15) is 22.8 Å². The van der Waals surface area contributed by atoms with Gasteiger partial charge in [-0.2, -0.15) is 13.2 Å². The molecule has 0 saturated carbocycles. The molecule has 0 amide bonds. The first-order valence-electron chi connectivity index (χ1n) is 9.48. The number of hydrogen-bond donors (Lipinski definition) is 0. The van der Waals surface area contributed by atoms with E-state index in [1.165, 1.54) is 55.6 Å². The summed E-state index contributed by atoms with van der Waals surface area (Å²) in [6.07, 6.45) is -4.97. The van der Waals surface area contributed by atoms with Crippen LogP contribution in [0.2, 0.25) is 5.02 Å². The van der Waals surface area contributed by atoms with Crippen LogP contribution in [-0.4, -0.2) is 13.1 Å². The molecule has 4 rings (SSSR count). The summed E-state index contributed by atoms with van der Waals surface area (Å²) in [5.41, 5.74) is -1.89. The van der Waals surface area contributed by atoms with Gasteiger partial charge in [0.05, 0.1) is 23.6 Å². The molecule has 33 heavy (non-hydrogen) atoms. The second-order valence-electron chi connectivity index (χ2n) is 6.89. The van der Waals surface area contributed by atoms with Crippen LogP contribution in [0.4, 0.5) is 13.2 Å². The number of alkyl halides is 3. The number of carbonyl (C=O) groups is 1. The smallest absolute Gasteiger partial charge is 0.450 e. The molecule has 0 fully saturated rings. The zero-order chi connectivity index (χ0) is 23.8. The molecule has 5 nitrogen and oxygen atoms in total. The van der Waals surface area contributed by atoms with Gasteiger partial charge in [0.15, 0.2) is 0 Å². The number of methoxy groups -OCH3 is 1. The highest BCUT2D eigenvalue weighted by Gasteiger charge is 2.39. The van der Waals surface area contributed by atoms with Gasteiger partial charge in [0.1, 0.15) is 17.1 Å². The van der Waals surface area contributed by atoms with Gasteiger partial charge in [-0.1, -0.05) is 29.8 Å². The number of carbonyl (C=O) groups excluding carboxylic acids is 1. The third-order valence-electron chi connectivity index (χ3n) is 4.80. The molecule has 0 aliphatic rings. The maximum absolute atomic E-state index is 13.8. The molecule has 0 unspecified atom stereocenters. The van der Waals surface area contributed by atoms with E-state index in [0.717, 1.165) is 6.07 Å². The number of hydrogen-bond acceptors (Lipinski definition) is 5. The first-order chi connectivity index (χ1) is 15.7. The van der Waals surface area contributed by atoms with E-state index in [2.05, 4.69) is 0 Å². The van der Waals surface area contributed by atoms with E-state index in [1.54, 1.807) is 12.1 Å². The molecule has 0 bridgehead atoms. The van der Waals surface area contributed by atoms with Crippen LogP contribution in [0, 0.1) is 0 Å². The quantitative estimate of drug-likeness (QED) is 0.254. The van der Waals surface area contributed by atoms with Gasteiger partial charge in [0.2, 0.25) is 11.2 Å². The summed E-state index contributed by atoms with van der Waals surface area (Å²) in [6.45, 7) is 0. The maximum Gasteiger partial charge on any atom is 0.450 e. The molecule has 0 N–H and O–H groups in total. The summed E-state index contributed by atoms with van der Waals surface area (Å²) in [5.74, 6) is -1.80. The molecular formula is C24H14ClF3O5. The monoisotopic (exact) mass is 474 g/mol. The van der Waals surface area contributed by atoms with Crippen molar-refractivity contribution in [3.8, 4) is 22.6 Å². The van der Waals surface area contributed by atoms with Crippen molar-refractivity contribution in [2.75, 3.05) is 7.11 Å². The van der Waals surface area contributed by atoms with Crippen molar-refractivity contribution >= 4 is 28.5 Å². The average molecular weight is 475 g/mol. The highest BCUT2D eigenvalue weighted by atomic mass is 35.5. The van der Waals surface area contributed by atoms with Crippen molar-refractivity contribution in [2.24, 2.45) is 0 Å². The third kappa shape index (κ3) is 4.42. The summed E-state index contributed by atoms with van der Waals surface area (Å²) in [6, 6.07) is 15.3. The minimum Gasteiger partial charge on any atom is -0.497 e. The van der Waals surface area contributed by atoms with Crippen molar-refractivity contribution in [1.82, 2.24) is 0 Å². The van der Waals surface area contributed by atoms with Gasteiger partial charge in [0, 0.05) is 16.7 Å². The molecule has 3 aromatic carbocycles. The van der Waals surface area contributed by atoms with Gasteiger partial charge < -0.3 is 13.9 Å². The van der Waals surface area contributed by atoms with Crippen LogP contribution in [0.15, 0.2) is 75.9 Å². The highest BCUT2D eigenvalue weighted by Crippen LogP contribution is 2.39. The Kier molecular flexibility index (Phi) is 5.86. The van der Waals surface area contributed by atoms with E-state index < -0.39 is 28.9 Å². The topological polar surface area (TPSA) is 65.7 Å². The van der Waals surface area contributed by atoms with Crippen molar-refractivity contribution < 1.29 is 31.9 Å². The Morgan fingerprint density at radius 3 is 2.27 bits per heavy atom. The van der Waals surface area contributed by atoms with Crippen LogP contribution in [0.25, 0.3) is 22.1 Å². The van der Waals surface area contributed by atoms with Gasteiger partial charge in [-0.3, -0.25) is 4.79 Å². The van der Waals surface area contributed by atoms with Crippen LogP contribution in [0.3, 0.4) is 0 Å². The van der Waals surface area contributed by atoms with Gasteiger partial charge in [-0.15, -0.1) is 0 Å². The van der Waals surface area contributed by atoms with Crippen LogP contribution >= 0.6 is 11.6 Å². The Labute approximate surface area is 189 Å². The zero-order valence-corrected chi connectivity index (χ0v) is 17.7. The second-order valence-corrected chi connectivity index (χ2v) is 7.30. The number of ether oxygens (including phenoxy) is 2. The molecule has 0 saturated heterocycles. The fourth-order valence-corrected chi connectivity index (χ4v) is 3.47. The molecule has 4 aromatic rings. The van der Waals surface area contributed by atoms with E-state index in [1.807, 2.05) is 0 Å². The standard InChI is InChI=1S/C24H14ClF3O5/c1-31-14-8-6-13(7-9-14)23(30)32-15-10-11-17-19(12-15)33-22(24(26,27)28)20(21(17)29)16-4-2-3-5-18(16)25/h2-12H,1H3. The Morgan fingerprint density at radius 1 is 0.970 bits per heavy atom. The van der Waals surface area contributed by atoms with E-state index in [0.29, 0.717) is 5.75 Å². The fraction of sp³-hybridized carbons (Fsp3) is 0.0833. The number of rotatable bonds is 4. The molecular weight excluding hydrogens is 461 g/mol. The molecule has 9 heteroatoms. The van der Waals surface area contributed by atoms with Crippen LogP contribution in [-0.2, 0) is 6.18 Å². The number of benzene rings is 3. The SMILES string of the molecule is COc1ccc(C(=O)Oc2ccc3c(=O)c(-c4ccccc4Cl)c(C(F)(F)F)oc3c2)cc1. The van der Waals surface area contributed by atoms with Gasteiger partial charge in [-0.05, 0) is 42.5 Å². The summed E-state index contributed by atoms with van der Waals surface area (Å²) >= 11 is 6.05. The molecule has 0 aliphatic heterocycles. The van der Waals surface area contributed by atoms with Gasteiger partial charge in [-0.25, -0.2) is 4.79 Å². The number of fused-ring (bicyclic) bond motifs is 1. The predicted molar refractivity (Wildman–Crippen MR) is 116 cm³/mol. The Bertz CT molecular complexity index is 1410. The van der Waals surface area contributed by atoms with Gasteiger partial charge >= 0.3 is 12.1 Å². The first-order valence-corrected chi connectivity index (χ1v) is 9.86. The molecule has 0 radical (unpaired) electrons. The Balaban J connectivity index is 1.80. The highest BCUT2D eigenvalue weighted by molar-refractivity contribution is 6.33. The predicted octanol–water partition coefficient (Wildman–Crippen LogP) is 6.36. The lowest BCUT2D eigenvalue weighted by atomic mass is 10.0. The normalized spacial score (nSPS) is 11.4. The summed E-state index contributed by atoms with van der Waals surface area (Å²) in [5, 5.41) is -0.151. The summed E-state index contributed by atoms with van der Waals surface area (Å²) in [7, 11) is 1.47. The molecule has 168 valence electrons. The molecule has 1 aromatic heterocycles. The minimum atomic E-state index is -4.97. The minimum absolute atomic E-state index is 0.0281. The van der Waals surface area contributed by atoms with Crippen molar-refractivity contribution in [1.29, 1.82) is 0 Å². The average Bonchev–Trinajstić information content (AvgIpc) is 2.79. The fourth-order valence-electron chi connectivity index (χ4n) is 3.24. The van der Waals surface area contributed by atoms with E-state index in [-0.39, 0.29) is 32.9 Å². The number of halogens is 4. The maximum atomic E-state index is 13.8. The lowest BCUT2D eigenvalue weighted by Gasteiger charge is -2.14. The van der Waals surface area contributed by atoms with E-state index in [4.69, 9.17) is 25.5 Å². The van der Waals surface area contributed by atoms with Crippen LogP contribution in [0.1, 0.15) is 16.1 Å². The molecule has 0 spiro atoms. The number of esters is 1. The van der Waals surface area contributed by atoms with E-state index >= 15 is 0 Å². The third-order valence-corrected chi connectivity index (χ3v) is 5.13. The van der Waals surface area contributed by atoms with Crippen molar-refractivity contribution in [2.45, 2.75) is 6.18 Å². The van der Waals surface area contributed by atoms with Crippen molar-refractivity contribution in [3.05, 3.63) is 93.3 Å². The Morgan fingerprint density at radius 2 is 1.64 bits per heavy atom. The van der Waals surface area contributed by atoms with Crippen molar-refractivity contribution in [3.63, 3.8) is 0 Å². The molecule has 1 heterocycles. The first kappa shape index (κ1) is 22.4. The zero-order valence-electron chi connectivity index (χ0n) is 16.9. The lowest BCUT2D eigenvalue weighted by Crippen LogP contribution is -2.16. The summed E-state index contributed by atoms with van der Waals surface area (Å²) in [4.78, 5) is 25.4. The lowest BCUT2D eigenvalue weighted by molar-refractivity contribution is -0.152. The van der Waals surface area contributed by atoms with Crippen LogP contribution < -0.4 is 14.9 Å². The molecule has 0 atom stereocenters. The van der Waals surface area contributed by atoms with Crippen LogP contribution in [0.5, 0.6) is 11.5 Å². The summed E-state index contributed by atoms with van der Waals surface area (Å²) < 4.78 is 56.8. The second kappa shape index (κ2) is 8.63. The Hall–Kier alpha value is -3.78. The largest absolute Gasteiger partial charge is 0.497 e. The van der Waals surface area contributed by atoms with Gasteiger partial charge in [0.25, 0.3) is 0 Å². The molecule has 0 aliphatic carbocycles.